The summed E-state index contributed by atoms with van der Waals surface area (Å²) in [5.41, 5.74) is 3.08. The van der Waals surface area contributed by atoms with Gasteiger partial charge in [0, 0.05) is 15.7 Å². The van der Waals surface area contributed by atoms with Crippen LogP contribution in [0.3, 0.4) is 0 Å². The lowest BCUT2D eigenvalue weighted by Gasteiger charge is -2.00. The Morgan fingerprint density at radius 1 is 1.12 bits per heavy atom. The van der Waals surface area contributed by atoms with Crippen molar-refractivity contribution in [1.29, 1.82) is 0 Å². The van der Waals surface area contributed by atoms with Gasteiger partial charge in [0.1, 0.15) is 0 Å². The molecule has 0 N–H and O–H groups in total. The molecule has 0 saturated carbocycles. The van der Waals surface area contributed by atoms with E-state index in [4.69, 9.17) is 11.6 Å². The molecule has 0 spiro atoms. The van der Waals surface area contributed by atoms with Gasteiger partial charge in [-0.3, -0.25) is 4.99 Å². The Hall–Kier alpha value is -1.12. The van der Waals surface area contributed by atoms with Crippen LogP contribution in [0.25, 0.3) is 0 Å². The van der Waals surface area contributed by atoms with Gasteiger partial charge in [-0.2, -0.15) is 0 Å². The predicted molar refractivity (Wildman–Crippen MR) is 77.6 cm³/mol. The van der Waals surface area contributed by atoms with Crippen molar-refractivity contribution >= 4 is 39.4 Å². The zero-order valence-electron chi connectivity index (χ0n) is 9.32. The fourth-order valence-corrected chi connectivity index (χ4v) is 1.85. The van der Waals surface area contributed by atoms with Gasteiger partial charge in [0.25, 0.3) is 0 Å². The summed E-state index contributed by atoms with van der Waals surface area (Å²) in [6.07, 6.45) is 1.84. The zero-order valence-corrected chi connectivity index (χ0v) is 11.7. The number of aryl methyl sites for hydroxylation is 1. The summed E-state index contributed by atoms with van der Waals surface area (Å²) in [5, 5.41) is 0.707. The average Bonchev–Trinajstić information content (AvgIpc) is 2.32. The third-order valence-corrected chi connectivity index (χ3v) is 3.16. The number of hydrogen-bond donors (Lipinski definition) is 0. The monoisotopic (exact) mass is 307 g/mol. The molecule has 3 heteroatoms. The lowest BCUT2D eigenvalue weighted by molar-refractivity contribution is 1.40. The molecule has 0 aromatic heterocycles. The lowest BCUT2D eigenvalue weighted by atomic mass is 10.2. The minimum atomic E-state index is 0.707. The number of rotatable bonds is 2. The van der Waals surface area contributed by atoms with Gasteiger partial charge in [0.05, 0.1) is 5.69 Å². The van der Waals surface area contributed by atoms with Crippen LogP contribution < -0.4 is 0 Å². The molecule has 2 aromatic rings. The number of halogens is 2. The average molecular weight is 309 g/mol. The number of hydrogen-bond acceptors (Lipinski definition) is 1. The standard InChI is InChI=1S/C14H11BrClN/c1-10-2-7-13(16)8-14(10)17-9-11-3-5-12(15)6-4-11/h2-9H,1H3. The first-order chi connectivity index (χ1) is 8.15. The molecule has 0 aliphatic rings. The Bertz CT molecular complexity index is 547. The van der Waals surface area contributed by atoms with E-state index in [1.165, 1.54) is 0 Å². The highest BCUT2D eigenvalue weighted by Gasteiger charge is 1.96. The molecule has 1 nitrogen and oxygen atoms in total. The molecule has 0 heterocycles. The van der Waals surface area contributed by atoms with Crippen molar-refractivity contribution in [3.8, 4) is 0 Å². The summed E-state index contributed by atoms with van der Waals surface area (Å²) in [5.74, 6) is 0. The van der Waals surface area contributed by atoms with E-state index in [0.717, 1.165) is 21.3 Å². The Balaban J connectivity index is 2.25. The summed E-state index contributed by atoms with van der Waals surface area (Å²) in [6, 6.07) is 13.7. The first-order valence-corrected chi connectivity index (χ1v) is 6.38. The van der Waals surface area contributed by atoms with Gasteiger partial charge in [-0.1, -0.05) is 45.7 Å². The Kier molecular flexibility index (Phi) is 3.97. The number of aliphatic imine (C=N–C) groups is 1. The first-order valence-electron chi connectivity index (χ1n) is 5.21. The van der Waals surface area contributed by atoms with Gasteiger partial charge < -0.3 is 0 Å². The second-order valence-corrected chi connectivity index (χ2v) is 5.09. The minimum absolute atomic E-state index is 0.707. The summed E-state index contributed by atoms with van der Waals surface area (Å²) in [6.45, 7) is 2.02. The first kappa shape index (κ1) is 12.3. The highest BCUT2D eigenvalue weighted by atomic mass is 79.9. The van der Waals surface area contributed by atoms with Crippen LogP contribution in [0.15, 0.2) is 51.9 Å². The van der Waals surface area contributed by atoms with E-state index in [0.29, 0.717) is 5.02 Å². The Labute approximate surface area is 114 Å². The van der Waals surface area contributed by atoms with Gasteiger partial charge in [0.15, 0.2) is 0 Å². The van der Waals surface area contributed by atoms with Gasteiger partial charge in [-0.05, 0) is 42.3 Å². The molecule has 0 saturated heterocycles. The third kappa shape index (κ3) is 3.42. The van der Waals surface area contributed by atoms with Crippen molar-refractivity contribution in [1.82, 2.24) is 0 Å². The lowest BCUT2D eigenvalue weighted by Crippen LogP contribution is -1.80. The molecule has 0 bridgehead atoms. The summed E-state index contributed by atoms with van der Waals surface area (Å²) < 4.78 is 1.06. The Morgan fingerprint density at radius 3 is 2.53 bits per heavy atom. The van der Waals surface area contributed by atoms with Crippen molar-refractivity contribution in [2.45, 2.75) is 6.92 Å². The van der Waals surface area contributed by atoms with Crippen LogP contribution in [0, 0.1) is 6.92 Å². The van der Waals surface area contributed by atoms with Crippen LogP contribution in [0.4, 0.5) is 5.69 Å². The van der Waals surface area contributed by atoms with Gasteiger partial charge >= 0.3 is 0 Å². The van der Waals surface area contributed by atoms with E-state index in [2.05, 4.69) is 20.9 Å². The molecule has 0 aliphatic heterocycles. The highest BCUT2D eigenvalue weighted by molar-refractivity contribution is 9.10. The molecule has 0 radical (unpaired) electrons. The molecule has 0 atom stereocenters. The molecule has 0 unspecified atom stereocenters. The molecule has 2 aromatic carbocycles. The molecular weight excluding hydrogens is 298 g/mol. The van der Waals surface area contributed by atoms with Crippen LogP contribution in [0.1, 0.15) is 11.1 Å². The van der Waals surface area contributed by atoms with E-state index >= 15 is 0 Å². The van der Waals surface area contributed by atoms with E-state index in [1.807, 2.05) is 55.6 Å². The zero-order chi connectivity index (χ0) is 12.3. The fraction of sp³-hybridized carbons (Fsp3) is 0.0714. The smallest absolute Gasteiger partial charge is 0.0673 e. The topological polar surface area (TPSA) is 12.4 Å². The van der Waals surface area contributed by atoms with Crippen molar-refractivity contribution < 1.29 is 0 Å². The van der Waals surface area contributed by atoms with Crippen molar-refractivity contribution in [3.05, 3.63) is 63.1 Å². The van der Waals surface area contributed by atoms with Crippen molar-refractivity contribution in [2.75, 3.05) is 0 Å². The van der Waals surface area contributed by atoms with E-state index in [1.54, 1.807) is 0 Å². The second kappa shape index (κ2) is 5.48. The summed E-state index contributed by atoms with van der Waals surface area (Å²) >= 11 is 9.34. The van der Waals surface area contributed by atoms with Crippen LogP contribution in [0.2, 0.25) is 5.02 Å². The van der Waals surface area contributed by atoms with Crippen LogP contribution >= 0.6 is 27.5 Å². The molecule has 2 rings (SSSR count). The van der Waals surface area contributed by atoms with E-state index in [-0.39, 0.29) is 0 Å². The molecule has 0 fully saturated rings. The normalized spacial score (nSPS) is 11.0. The van der Waals surface area contributed by atoms with Crippen LogP contribution in [-0.4, -0.2) is 6.21 Å². The van der Waals surface area contributed by atoms with E-state index in [9.17, 15) is 0 Å². The predicted octanol–water partition coefficient (Wildman–Crippen LogP) is 5.16. The fourth-order valence-electron chi connectivity index (χ4n) is 1.41. The van der Waals surface area contributed by atoms with Gasteiger partial charge in [0.2, 0.25) is 0 Å². The SMILES string of the molecule is Cc1ccc(Cl)cc1N=Cc1ccc(Br)cc1. The van der Waals surface area contributed by atoms with Crippen LogP contribution in [-0.2, 0) is 0 Å². The van der Waals surface area contributed by atoms with Gasteiger partial charge in [-0.25, -0.2) is 0 Å². The molecule has 86 valence electrons. The third-order valence-electron chi connectivity index (χ3n) is 2.39. The summed E-state index contributed by atoms with van der Waals surface area (Å²) in [7, 11) is 0. The second-order valence-electron chi connectivity index (χ2n) is 3.74. The maximum Gasteiger partial charge on any atom is 0.0673 e. The maximum absolute atomic E-state index is 5.94. The molecular formula is C14H11BrClN. The quantitative estimate of drug-likeness (QED) is 0.679. The Morgan fingerprint density at radius 2 is 1.82 bits per heavy atom. The minimum Gasteiger partial charge on any atom is -0.256 e. The van der Waals surface area contributed by atoms with Crippen molar-refractivity contribution in [2.24, 2.45) is 4.99 Å². The summed E-state index contributed by atoms with van der Waals surface area (Å²) in [4.78, 5) is 4.44. The molecule has 17 heavy (non-hydrogen) atoms. The maximum atomic E-state index is 5.94. The number of benzene rings is 2. The van der Waals surface area contributed by atoms with Crippen LogP contribution in [0.5, 0.6) is 0 Å². The highest BCUT2D eigenvalue weighted by Crippen LogP contribution is 2.23. The van der Waals surface area contributed by atoms with Gasteiger partial charge in [-0.15, -0.1) is 0 Å². The van der Waals surface area contributed by atoms with E-state index < -0.39 is 0 Å². The van der Waals surface area contributed by atoms with Crippen molar-refractivity contribution in [3.63, 3.8) is 0 Å². The molecule has 0 amide bonds. The number of nitrogens with zero attached hydrogens (tertiary/aromatic N) is 1. The largest absolute Gasteiger partial charge is 0.256 e. The molecule has 0 aliphatic carbocycles.